The first-order valence-corrected chi connectivity index (χ1v) is 6.71. The summed E-state index contributed by atoms with van der Waals surface area (Å²) in [4.78, 5) is 0. The molecule has 2 N–H and O–H groups in total. The summed E-state index contributed by atoms with van der Waals surface area (Å²) in [7, 11) is -1.59. The molecule has 0 saturated heterocycles. The molecule has 22 heavy (non-hydrogen) atoms. The fourth-order valence-corrected chi connectivity index (χ4v) is 2.03. The molecule has 0 bridgehead atoms. The molecule has 0 aliphatic heterocycles. The first kappa shape index (κ1) is 15.8. The molecule has 0 unspecified atom stereocenters. The molecule has 2 rings (SSSR count). The van der Waals surface area contributed by atoms with E-state index in [-0.39, 0.29) is 5.47 Å². The van der Waals surface area contributed by atoms with Crippen LogP contribution < -0.4 is 0 Å². The Balaban J connectivity index is 2.35. The average molecular weight is 292 g/mol. The molecule has 0 atom stereocenters. The van der Waals surface area contributed by atoms with Gasteiger partial charge in [0, 0.05) is 16.5 Å². The summed E-state index contributed by atoms with van der Waals surface area (Å²) >= 11 is 0. The highest BCUT2D eigenvalue weighted by Crippen LogP contribution is 2.33. The first-order chi connectivity index (χ1) is 10.5. The maximum Gasteiger partial charge on any atom is 0.487 e. The topological polar surface area (TPSA) is 53.6 Å². The molecule has 3 nitrogen and oxygen atoms in total. The molecule has 0 radical (unpaired) electrons. The van der Waals surface area contributed by atoms with Crippen LogP contribution in [0.3, 0.4) is 0 Å². The van der Waals surface area contributed by atoms with Crippen LogP contribution in [0.25, 0.3) is 22.6 Å². The van der Waals surface area contributed by atoms with Crippen molar-refractivity contribution < 1.29 is 14.5 Å². The summed E-state index contributed by atoms with van der Waals surface area (Å²) in [6, 6.07) is 7.65. The summed E-state index contributed by atoms with van der Waals surface area (Å²) < 4.78 is 5.84. The molecule has 0 aliphatic rings. The number of hydrogen-bond donors (Lipinski definition) is 2. The molecule has 0 saturated carbocycles. The van der Waals surface area contributed by atoms with Gasteiger partial charge in [-0.25, -0.2) is 0 Å². The van der Waals surface area contributed by atoms with E-state index in [4.69, 9.17) is 14.5 Å². The van der Waals surface area contributed by atoms with Gasteiger partial charge in [0.2, 0.25) is 0 Å². The fraction of sp³-hybridized carbons (Fsp3) is 0. The summed E-state index contributed by atoms with van der Waals surface area (Å²) in [5, 5.41) is 18.9. The lowest BCUT2D eigenvalue weighted by molar-refractivity contribution is 0.421. The lowest BCUT2D eigenvalue weighted by Gasteiger charge is -2.04. The maximum absolute atomic E-state index is 8.99. The second-order valence-corrected chi connectivity index (χ2v) is 4.83. The van der Waals surface area contributed by atoms with Gasteiger partial charge >= 0.3 is 7.12 Å². The van der Waals surface area contributed by atoms with Crippen LogP contribution in [0.1, 0.15) is 11.3 Å². The number of hydrogen-bond acceptors (Lipinski definition) is 3. The Bertz CT molecular complexity index is 794. The van der Waals surface area contributed by atoms with Crippen molar-refractivity contribution in [2.45, 2.75) is 0 Å². The lowest BCUT2D eigenvalue weighted by Crippen LogP contribution is -2.12. The fourth-order valence-electron chi connectivity index (χ4n) is 2.03. The van der Waals surface area contributed by atoms with Gasteiger partial charge in [-0.1, -0.05) is 62.7 Å². The highest BCUT2D eigenvalue weighted by Gasteiger charge is 2.15. The molecule has 4 heteroatoms. The Morgan fingerprint density at radius 2 is 1.77 bits per heavy atom. The van der Waals surface area contributed by atoms with Gasteiger partial charge in [-0.15, -0.1) is 0 Å². The van der Waals surface area contributed by atoms with E-state index in [1.165, 1.54) is 6.08 Å². The Kier molecular flexibility index (Phi) is 4.66. The average Bonchev–Trinajstić information content (AvgIpc) is 2.89. The Labute approximate surface area is 130 Å². The standard InChI is InChI=1S/C18H17BO3/c1-5-15-16-8-6-7-9-17(16)22-18(15)14(4)12(2)10-11-13(3)19(20)21/h5-11,20-21H,1-4H2/b11-10-. The molecule has 1 aromatic heterocycles. The van der Waals surface area contributed by atoms with Crippen LogP contribution in [0, 0.1) is 0 Å². The van der Waals surface area contributed by atoms with E-state index in [0.29, 0.717) is 16.9 Å². The van der Waals surface area contributed by atoms with Gasteiger partial charge in [0.05, 0.1) is 0 Å². The van der Waals surface area contributed by atoms with Gasteiger partial charge < -0.3 is 14.5 Å². The van der Waals surface area contributed by atoms with Crippen molar-refractivity contribution in [3.8, 4) is 0 Å². The van der Waals surface area contributed by atoms with Crippen LogP contribution >= 0.6 is 0 Å². The molecule has 0 spiro atoms. The molecule has 110 valence electrons. The predicted molar refractivity (Wildman–Crippen MR) is 93.0 cm³/mol. The monoisotopic (exact) mass is 292 g/mol. The number of fused-ring (bicyclic) bond motifs is 1. The molecule has 2 aromatic rings. The molecule has 0 aliphatic carbocycles. The largest absolute Gasteiger partial charge is 0.487 e. The van der Waals surface area contributed by atoms with Gasteiger partial charge in [0.25, 0.3) is 0 Å². The van der Waals surface area contributed by atoms with E-state index >= 15 is 0 Å². The van der Waals surface area contributed by atoms with Crippen molar-refractivity contribution in [3.63, 3.8) is 0 Å². The van der Waals surface area contributed by atoms with Crippen LogP contribution in [0.5, 0.6) is 0 Å². The third-order valence-electron chi connectivity index (χ3n) is 3.33. The Morgan fingerprint density at radius 1 is 1.09 bits per heavy atom. The first-order valence-electron chi connectivity index (χ1n) is 6.71. The molecule has 1 heterocycles. The highest BCUT2D eigenvalue weighted by atomic mass is 16.4. The van der Waals surface area contributed by atoms with Gasteiger partial charge in [0.15, 0.2) is 0 Å². The van der Waals surface area contributed by atoms with Crippen LogP contribution in [0.15, 0.2) is 78.2 Å². The van der Waals surface area contributed by atoms with Crippen molar-refractivity contribution in [2.75, 3.05) is 0 Å². The normalized spacial score (nSPS) is 10.8. The number of para-hydroxylation sites is 1. The summed E-state index contributed by atoms with van der Waals surface area (Å²) in [6.45, 7) is 15.3. The summed E-state index contributed by atoms with van der Waals surface area (Å²) in [5.74, 6) is 0.598. The van der Waals surface area contributed by atoms with Crippen LogP contribution in [-0.2, 0) is 0 Å². The van der Waals surface area contributed by atoms with Crippen molar-refractivity contribution >= 4 is 29.7 Å². The molecule has 0 amide bonds. The van der Waals surface area contributed by atoms with E-state index in [1.54, 1.807) is 12.2 Å². The second-order valence-electron chi connectivity index (χ2n) is 4.83. The van der Waals surface area contributed by atoms with E-state index in [9.17, 15) is 0 Å². The lowest BCUT2D eigenvalue weighted by atomic mass is 9.80. The zero-order valence-electron chi connectivity index (χ0n) is 12.2. The number of rotatable bonds is 6. The molecular weight excluding hydrogens is 275 g/mol. The number of furan rings is 1. The minimum absolute atomic E-state index is 0.169. The van der Waals surface area contributed by atoms with Crippen LogP contribution in [0.2, 0.25) is 0 Å². The summed E-state index contributed by atoms with van der Waals surface area (Å²) in [6.07, 6.45) is 4.82. The van der Waals surface area contributed by atoms with Crippen LogP contribution in [0.4, 0.5) is 0 Å². The molecule has 1 aromatic carbocycles. The summed E-state index contributed by atoms with van der Waals surface area (Å²) in [5.41, 5.74) is 2.96. The van der Waals surface area contributed by atoms with Crippen LogP contribution in [-0.4, -0.2) is 17.2 Å². The third kappa shape index (κ3) is 3.03. The molecular formula is C18H17BO3. The zero-order chi connectivity index (χ0) is 16.3. The van der Waals surface area contributed by atoms with Crippen molar-refractivity contribution in [2.24, 2.45) is 0 Å². The SMILES string of the molecule is C=Cc1c(C(=C)C(=C)/C=C\C(=C)B(O)O)oc2ccccc12. The second kappa shape index (κ2) is 6.47. The Hall–Kier alpha value is -2.56. The smallest absolute Gasteiger partial charge is 0.455 e. The number of benzene rings is 1. The van der Waals surface area contributed by atoms with E-state index < -0.39 is 7.12 Å². The van der Waals surface area contributed by atoms with Crippen molar-refractivity contribution in [1.29, 1.82) is 0 Å². The Morgan fingerprint density at radius 3 is 2.41 bits per heavy atom. The van der Waals surface area contributed by atoms with Gasteiger partial charge in [-0.05, 0) is 17.1 Å². The van der Waals surface area contributed by atoms with Gasteiger partial charge in [-0.3, -0.25) is 0 Å². The zero-order valence-corrected chi connectivity index (χ0v) is 12.2. The third-order valence-corrected chi connectivity index (χ3v) is 3.33. The minimum atomic E-state index is -1.59. The van der Waals surface area contributed by atoms with Crippen molar-refractivity contribution in [1.82, 2.24) is 0 Å². The predicted octanol–water partition coefficient (Wildman–Crippen LogP) is 3.77. The minimum Gasteiger partial charge on any atom is -0.455 e. The van der Waals surface area contributed by atoms with Crippen molar-refractivity contribution in [3.05, 3.63) is 85.1 Å². The quantitative estimate of drug-likeness (QED) is 0.629. The maximum atomic E-state index is 8.99. The molecule has 0 fully saturated rings. The van der Waals surface area contributed by atoms with E-state index in [0.717, 1.165) is 16.5 Å². The van der Waals surface area contributed by atoms with Gasteiger partial charge in [0.1, 0.15) is 11.3 Å². The van der Waals surface area contributed by atoms with E-state index in [1.807, 2.05) is 24.3 Å². The highest BCUT2D eigenvalue weighted by molar-refractivity contribution is 6.51. The number of allylic oxidation sites excluding steroid dienone is 5. The van der Waals surface area contributed by atoms with E-state index in [2.05, 4.69) is 26.3 Å². The van der Waals surface area contributed by atoms with Gasteiger partial charge in [-0.2, -0.15) is 0 Å².